The number of carbonyl (C=O) groups is 1. The van der Waals surface area contributed by atoms with Crippen molar-refractivity contribution in [3.05, 3.63) is 0 Å². The Morgan fingerprint density at radius 2 is 1.76 bits per heavy atom. The third-order valence-electron chi connectivity index (χ3n) is 4.97. The van der Waals surface area contributed by atoms with Crippen LogP contribution < -0.4 is 10.6 Å². The van der Waals surface area contributed by atoms with Crippen molar-refractivity contribution in [2.24, 2.45) is 16.7 Å². The van der Waals surface area contributed by atoms with Gasteiger partial charge >= 0.3 is 0 Å². The van der Waals surface area contributed by atoms with E-state index >= 15 is 0 Å². The van der Waals surface area contributed by atoms with Gasteiger partial charge in [-0.3, -0.25) is 4.79 Å². The van der Waals surface area contributed by atoms with Gasteiger partial charge in [0.25, 0.3) is 0 Å². The number of hydrogen-bond donors (Lipinski definition) is 2. The lowest BCUT2D eigenvalue weighted by Gasteiger charge is -2.12. The summed E-state index contributed by atoms with van der Waals surface area (Å²) in [6, 6.07) is 0.276. The normalized spacial score (nSPS) is 23.2. The monoisotopic (exact) mass is 240 g/mol. The summed E-state index contributed by atoms with van der Waals surface area (Å²) in [5.74, 6) is 0.780. The highest BCUT2D eigenvalue weighted by molar-refractivity contribution is 5.78. The Morgan fingerprint density at radius 1 is 1.24 bits per heavy atom. The maximum absolute atomic E-state index is 11.6. The molecule has 1 saturated carbocycles. The van der Waals surface area contributed by atoms with Crippen LogP contribution in [-0.4, -0.2) is 25.0 Å². The van der Waals surface area contributed by atoms with E-state index in [2.05, 4.69) is 45.3 Å². The fourth-order valence-electron chi connectivity index (χ4n) is 2.60. The van der Waals surface area contributed by atoms with E-state index in [0.717, 1.165) is 13.0 Å². The van der Waals surface area contributed by atoms with Gasteiger partial charge in [0.2, 0.25) is 5.91 Å². The molecular formula is C14H28N2O. The van der Waals surface area contributed by atoms with Crippen LogP contribution in [0, 0.1) is 16.7 Å². The van der Waals surface area contributed by atoms with Gasteiger partial charge < -0.3 is 10.6 Å². The Balaban J connectivity index is 2.20. The first-order chi connectivity index (χ1) is 7.73. The second kappa shape index (κ2) is 4.97. The minimum Gasteiger partial charge on any atom is -0.353 e. The van der Waals surface area contributed by atoms with Crippen LogP contribution in [0.3, 0.4) is 0 Å². The van der Waals surface area contributed by atoms with Gasteiger partial charge in [0.15, 0.2) is 0 Å². The number of carbonyl (C=O) groups excluding carboxylic acids is 1. The van der Waals surface area contributed by atoms with Crippen molar-refractivity contribution in [2.75, 3.05) is 13.1 Å². The lowest BCUT2D eigenvalue weighted by atomic mass is 10.0. The van der Waals surface area contributed by atoms with Crippen molar-refractivity contribution in [3.63, 3.8) is 0 Å². The molecule has 0 spiro atoms. The smallest absolute Gasteiger partial charge is 0.234 e. The molecule has 1 amide bonds. The molecule has 0 aromatic heterocycles. The van der Waals surface area contributed by atoms with Crippen LogP contribution >= 0.6 is 0 Å². The quantitative estimate of drug-likeness (QED) is 0.747. The Bertz CT molecular complexity index is 270. The van der Waals surface area contributed by atoms with Gasteiger partial charge in [-0.05, 0) is 36.6 Å². The summed E-state index contributed by atoms with van der Waals surface area (Å²) in [6.45, 7) is 14.7. The Kier molecular flexibility index (Phi) is 4.23. The predicted molar refractivity (Wildman–Crippen MR) is 71.8 cm³/mol. The standard InChI is InChI=1S/C14H28N2O/c1-7-10(2)16-12(17)9-15-8-11-13(3,4)14(11,5)6/h10-11,15H,7-9H2,1-6H3,(H,16,17). The highest BCUT2D eigenvalue weighted by atomic mass is 16.1. The van der Waals surface area contributed by atoms with Crippen molar-refractivity contribution >= 4 is 5.91 Å². The molecule has 3 nitrogen and oxygen atoms in total. The van der Waals surface area contributed by atoms with Crippen molar-refractivity contribution in [1.29, 1.82) is 0 Å². The van der Waals surface area contributed by atoms with Gasteiger partial charge in [-0.2, -0.15) is 0 Å². The van der Waals surface area contributed by atoms with Crippen LogP contribution in [0.15, 0.2) is 0 Å². The molecule has 0 heterocycles. The van der Waals surface area contributed by atoms with E-state index in [1.807, 2.05) is 6.92 Å². The van der Waals surface area contributed by atoms with E-state index in [0.29, 0.717) is 23.3 Å². The third kappa shape index (κ3) is 3.01. The molecule has 2 N–H and O–H groups in total. The predicted octanol–water partition coefficient (Wildman–Crippen LogP) is 2.17. The van der Waals surface area contributed by atoms with Crippen LogP contribution in [0.5, 0.6) is 0 Å². The summed E-state index contributed by atoms with van der Waals surface area (Å²) in [5, 5.41) is 6.24. The zero-order valence-corrected chi connectivity index (χ0v) is 12.2. The van der Waals surface area contributed by atoms with Crippen molar-refractivity contribution in [3.8, 4) is 0 Å². The van der Waals surface area contributed by atoms with Crippen LogP contribution in [0.25, 0.3) is 0 Å². The van der Waals surface area contributed by atoms with E-state index < -0.39 is 0 Å². The molecule has 17 heavy (non-hydrogen) atoms. The molecule has 0 aromatic carbocycles. The van der Waals surface area contributed by atoms with Crippen LogP contribution in [-0.2, 0) is 4.79 Å². The van der Waals surface area contributed by atoms with Gasteiger partial charge in [0, 0.05) is 6.04 Å². The lowest BCUT2D eigenvalue weighted by molar-refractivity contribution is -0.120. The summed E-state index contributed by atoms with van der Waals surface area (Å²) in [5.41, 5.74) is 0.792. The van der Waals surface area contributed by atoms with Crippen LogP contribution in [0.1, 0.15) is 48.0 Å². The molecule has 1 atom stereocenters. The number of hydrogen-bond acceptors (Lipinski definition) is 2. The molecular weight excluding hydrogens is 212 g/mol. The molecule has 1 aliphatic carbocycles. The molecule has 0 saturated heterocycles. The zero-order valence-electron chi connectivity index (χ0n) is 12.2. The minimum atomic E-state index is 0.107. The molecule has 1 fully saturated rings. The van der Waals surface area contributed by atoms with Gasteiger partial charge in [-0.1, -0.05) is 34.6 Å². The number of rotatable bonds is 6. The summed E-state index contributed by atoms with van der Waals surface area (Å²) >= 11 is 0. The highest BCUT2D eigenvalue weighted by Gasteiger charge is 2.63. The molecule has 1 aliphatic rings. The van der Waals surface area contributed by atoms with E-state index in [1.165, 1.54) is 0 Å². The van der Waals surface area contributed by atoms with E-state index in [4.69, 9.17) is 0 Å². The highest BCUT2D eigenvalue weighted by Crippen LogP contribution is 2.67. The Hall–Kier alpha value is -0.570. The average Bonchev–Trinajstić information content (AvgIpc) is 2.60. The first kappa shape index (κ1) is 14.5. The van der Waals surface area contributed by atoms with Gasteiger partial charge in [-0.15, -0.1) is 0 Å². The van der Waals surface area contributed by atoms with E-state index in [-0.39, 0.29) is 11.9 Å². The lowest BCUT2D eigenvalue weighted by Crippen LogP contribution is -2.39. The second-order valence-electron chi connectivity index (χ2n) is 6.50. The summed E-state index contributed by atoms with van der Waals surface area (Å²) in [7, 11) is 0. The third-order valence-corrected chi connectivity index (χ3v) is 4.97. The van der Waals surface area contributed by atoms with E-state index in [1.54, 1.807) is 0 Å². The maximum atomic E-state index is 11.6. The average molecular weight is 240 g/mol. The van der Waals surface area contributed by atoms with Crippen molar-refractivity contribution < 1.29 is 4.79 Å². The van der Waals surface area contributed by atoms with Gasteiger partial charge in [0.05, 0.1) is 6.54 Å². The second-order valence-corrected chi connectivity index (χ2v) is 6.50. The maximum Gasteiger partial charge on any atom is 0.234 e. The first-order valence-electron chi connectivity index (χ1n) is 6.73. The molecule has 0 bridgehead atoms. The SMILES string of the molecule is CCC(C)NC(=O)CNCC1C(C)(C)C1(C)C. The largest absolute Gasteiger partial charge is 0.353 e. The summed E-state index contributed by atoms with van der Waals surface area (Å²) in [6.07, 6.45) is 0.981. The first-order valence-corrected chi connectivity index (χ1v) is 6.73. The van der Waals surface area contributed by atoms with Crippen molar-refractivity contribution in [2.45, 2.75) is 54.0 Å². The molecule has 3 heteroatoms. The van der Waals surface area contributed by atoms with Crippen molar-refractivity contribution in [1.82, 2.24) is 10.6 Å². The molecule has 1 unspecified atom stereocenters. The zero-order chi connectivity index (χ0) is 13.3. The van der Waals surface area contributed by atoms with Crippen LogP contribution in [0.4, 0.5) is 0 Å². The topological polar surface area (TPSA) is 41.1 Å². The molecule has 0 radical (unpaired) electrons. The summed E-state index contributed by atoms with van der Waals surface area (Å²) < 4.78 is 0. The minimum absolute atomic E-state index is 0.107. The number of nitrogens with one attached hydrogen (secondary N) is 2. The van der Waals surface area contributed by atoms with E-state index in [9.17, 15) is 4.79 Å². The summed E-state index contributed by atoms with van der Waals surface area (Å²) in [4.78, 5) is 11.6. The van der Waals surface area contributed by atoms with Gasteiger partial charge in [-0.25, -0.2) is 0 Å². The Morgan fingerprint density at radius 3 is 2.18 bits per heavy atom. The molecule has 0 aliphatic heterocycles. The molecule has 0 aromatic rings. The molecule has 1 rings (SSSR count). The fourth-order valence-corrected chi connectivity index (χ4v) is 2.60. The fraction of sp³-hybridized carbons (Fsp3) is 0.929. The van der Waals surface area contributed by atoms with Gasteiger partial charge in [0.1, 0.15) is 0 Å². The number of amides is 1. The van der Waals surface area contributed by atoms with Crippen LogP contribution in [0.2, 0.25) is 0 Å². The molecule has 100 valence electrons. The Labute approximate surface area is 106 Å².